The van der Waals surface area contributed by atoms with Gasteiger partial charge in [0.05, 0.1) is 9.93 Å². The summed E-state index contributed by atoms with van der Waals surface area (Å²) in [5.74, 6) is 1.10. The normalized spacial score (nSPS) is 15.5. The van der Waals surface area contributed by atoms with Crippen LogP contribution in [0.1, 0.15) is 5.56 Å². The molecule has 1 heterocycles. The third-order valence-electron chi connectivity index (χ3n) is 3.65. The number of halogens is 2. The van der Waals surface area contributed by atoms with Crippen molar-refractivity contribution >= 4 is 63.5 Å². The first-order chi connectivity index (χ1) is 12.9. The third kappa shape index (κ3) is 5.17. The predicted molar refractivity (Wildman–Crippen MR) is 115 cm³/mol. The molecule has 2 aromatic rings. The van der Waals surface area contributed by atoms with Crippen molar-refractivity contribution in [3.05, 3.63) is 63.0 Å². The smallest absolute Gasteiger partial charge is 0.265 e. The minimum absolute atomic E-state index is 0.0943. The van der Waals surface area contributed by atoms with Gasteiger partial charge in [-0.15, -0.1) is 0 Å². The Morgan fingerprint density at radius 3 is 2.67 bits per heavy atom. The van der Waals surface area contributed by atoms with Gasteiger partial charge in [-0.3, -0.25) is 9.69 Å². The summed E-state index contributed by atoms with van der Waals surface area (Å²) in [6, 6.07) is 12.5. The van der Waals surface area contributed by atoms with Gasteiger partial charge < -0.3 is 9.47 Å². The highest BCUT2D eigenvalue weighted by atomic mass is 35.5. The molecule has 3 rings (SSSR count). The van der Waals surface area contributed by atoms with Gasteiger partial charge >= 0.3 is 0 Å². The average molecular weight is 440 g/mol. The summed E-state index contributed by atoms with van der Waals surface area (Å²) >= 11 is 18.4. The molecule has 1 aliphatic heterocycles. The van der Waals surface area contributed by atoms with Gasteiger partial charge in [-0.25, -0.2) is 0 Å². The molecular weight excluding hydrogens is 425 g/mol. The van der Waals surface area contributed by atoms with Crippen LogP contribution in [0.3, 0.4) is 0 Å². The Balaban J connectivity index is 1.57. The molecule has 0 N–H and O–H groups in total. The van der Waals surface area contributed by atoms with Crippen LogP contribution in [0.2, 0.25) is 10.0 Å². The van der Waals surface area contributed by atoms with Crippen LogP contribution in [0, 0.1) is 0 Å². The fraction of sp³-hybridized carbons (Fsp3) is 0.158. The molecule has 0 radical (unpaired) electrons. The molecule has 2 aromatic carbocycles. The zero-order chi connectivity index (χ0) is 19.4. The molecule has 1 saturated heterocycles. The van der Waals surface area contributed by atoms with Crippen molar-refractivity contribution in [2.75, 3.05) is 20.3 Å². The fourth-order valence-electron chi connectivity index (χ4n) is 2.29. The van der Waals surface area contributed by atoms with Crippen molar-refractivity contribution in [1.82, 2.24) is 4.90 Å². The van der Waals surface area contributed by atoms with Gasteiger partial charge in [-0.2, -0.15) is 0 Å². The average Bonchev–Trinajstić information content (AvgIpc) is 2.88. The largest absolute Gasteiger partial charge is 0.490 e. The second kappa shape index (κ2) is 8.97. The molecule has 1 aliphatic rings. The number of hydrogen-bond donors (Lipinski definition) is 0. The Hall–Kier alpha value is -1.73. The van der Waals surface area contributed by atoms with Crippen LogP contribution in [0.25, 0.3) is 6.08 Å². The van der Waals surface area contributed by atoms with Crippen LogP contribution in [0.5, 0.6) is 11.5 Å². The molecule has 0 atom stereocenters. The number of amides is 1. The summed E-state index contributed by atoms with van der Waals surface area (Å²) in [5, 5.41) is 1.05. The fourth-order valence-corrected chi connectivity index (χ4v) is 3.80. The summed E-state index contributed by atoms with van der Waals surface area (Å²) in [4.78, 5) is 14.1. The first-order valence-electron chi connectivity index (χ1n) is 7.96. The number of carbonyl (C=O) groups excluding carboxylic acids is 1. The maximum Gasteiger partial charge on any atom is 0.265 e. The lowest BCUT2D eigenvalue weighted by Gasteiger charge is -2.10. The summed E-state index contributed by atoms with van der Waals surface area (Å²) in [6.07, 6.45) is 1.80. The van der Waals surface area contributed by atoms with Gasteiger partial charge in [-0.05, 0) is 35.9 Å². The predicted octanol–water partition coefficient (Wildman–Crippen LogP) is 5.28. The number of nitrogens with zero attached hydrogens (tertiary/aromatic N) is 1. The number of rotatable bonds is 6. The van der Waals surface area contributed by atoms with E-state index in [9.17, 15) is 4.79 Å². The minimum Gasteiger partial charge on any atom is -0.490 e. The zero-order valence-corrected chi connectivity index (χ0v) is 17.4. The summed E-state index contributed by atoms with van der Waals surface area (Å²) in [7, 11) is 1.67. The molecule has 0 spiro atoms. The second-order valence-electron chi connectivity index (χ2n) is 5.58. The van der Waals surface area contributed by atoms with Gasteiger partial charge in [0.1, 0.15) is 29.0 Å². The summed E-state index contributed by atoms with van der Waals surface area (Å²) < 4.78 is 11.9. The molecule has 0 aliphatic carbocycles. The van der Waals surface area contributed by atoms with Crippen molar-refractivity contribution in [1.29, 1.82) is 0 Å². The van der Waals surface area contributed by atoms with Crippen molar-refractivity contribution < 1.29 is 14.3 Å². The number of benzene rings is 2. The molecule has 0 saturated carbocycles. The van der Waals surface area contributed by atoms with E-state index < -0.39 is 0 Å². The second-order valence-corrected chi connectivity index (χ2v) is 8.10. The van der Waals surface area contributed by atoms with Gasteiger partial charge in [0.15, 0.2) is 0 Å². The highest BCUT2D eigenvalue weighted by Gasteiger charge is 2.28. The van der Waals surface area contributed by atoms with E-state index in [1.165, 1.54) is 16.7 Å². The molecular formula is C19H15Cl2NO3S2. The van der Waals surface area contributed by atoms with E-state index in [4.69, 9.17) is 44.9 Å². The molecule has 1 amide bonds. The van der Waals surface area contributed by atoms with Crippen molar-refractivity contribution in [2.24, 2.45) is 0 Å². The van der Waals surface area contributed by atoms with Crippen LogP contribution < -0.4 is 9.47 Å². The molecule has 0 unspecified atom stereocenters. The van der Waals surface area contributed by atoms with E-state index in [0.717, 1.165) is 5.56 Å². The van der Waals surface area contributed by atoms with Crippen LogP contribution in [-0.4, -0.2) is 35.4 Å². The molecule has 140 valence electrons. The van der Waals surface area contributed by atoms with E-state index in [1.54, 1.807) is 31.3 Å². The van der Waals surface area contributed by atoms with Crippen LogP contribution in [-0.2, 0) is 4.79 Å². The molecule has 8 heteroatoms. The highest BCUT2D eigenvalue weighted by molar-refractivity contribution is 8.26. The third-order valence-corrected chi connectivity index (χ3v) is 5.68. The van der Waals surface area contributed by atoms with Gasteiger partial charge in [0.25, 0.3) is 5.91 Å². The van der Waals surface area contributed by atoms with E-state index in [1.807, 2.05) is 24.3 Å². The Labute approximate surface area is 177 Å². The number of carbonyl (C=O) groups is 1. The summed E-state index contributed by atoms with van der Waals surface area (Å²) in [6.45, 7) is 0.655. The van der Waals surface area contributed by atoms with E-state index in [0.29, 0.717) is 44.0 Å². The lowest BCUT2D eigenvalue weighted by molar-refractivity contribution is -0.121. The van der Waals surface area contributed by atoms with E-state index in [2.05, 4.69) is 0 Å². The van der Waals surface area contributed by atoms with Crippen LogP contribution in [0.15, 0.2) is 47.4 Å². The number of ether oxygens (including phenoxy) is 2. The maximum atomic E-state index is 12.1. The Morgan fingerprint density at radius 2 is 1.93 bits per heavy atom. The van der Waals surface area contributed by atoms with Crippen LogP contribution in [0.4, 0.5) is 0 Å². The highest BCUT2D eigenvalue weighted by Crippen LogP contribution is 2.32. The molecule has 1 fully saturated rings. The molecule has 0 aromatic heterocycles. The number of likely N-dealkylation sites (N-methyl/N-ethyl adjacent to an activating group) is 1. The molecule has 0 bridgehead atoms. The number of thiocarbonyl (C=S) groups is 1. The SMILES string of the molecule is CN1C(=O)/C(=C/c2cccc(OCCOc3cc(Cl)ccc3Cl)c2)SC1=S. The standard InChI is InChI=1S/C19H15Cl2NO3S2/c1-22-18(23)17(27-19(22)26)10-12-3-2-4-14(9-12)24-7-8-25-16-11-13(20)5-6-15(16)21/h2-6,9-11H,7-8H2,1H3/b17-10-. The summed E-state index contributed by atoms with van der Waals surface area (Å²) in [5.41, 5.74) is 0.861. The number of thioether (sulfide) groups is 1. The Bertz CT molecular complexity index is 918. The van der Waals surface area contributed by atoms with Gasteiger partial charge in [0, 0.05) is 18.1 Å². The van der Waals surface area contributed by atoms with Crippen molar-refractivity contribution in [3.63, 3.8) is 0 Å². The van der Waals surface area contributed by atoms with Gasteiger partial charge in [-0.1, -0.05) is 59.3 Å². The van der Waals surface area contributed by atoms with E-state index >= 15 is 0 Å². The monoisotopic (exact) mass is 439 g/mol. The van der Waals surface area contributed by atoms with Crippen LogP contribution >= 0.6 is 47.2 Å². The zero-order valence-electron chi connectivity index (χ0n) is 14.3. The Morgan fingerprint density at radius 1 is 1.15 bits per heavy atom. The first-order valence-corrected chi connectivity index (χ1v) is 9.94. The maximum absolute atomic E-state index is 12.1. The number of hydrogen-bond acceptors (Lipinski definition) is 5. The Kier molecular flexibility index (Phi) is 6.65. The van der Waals surface area contributed by atoms with Crippen molar-refractivity contribution in [2.45, 2.75) is 0 Å². The quantitative estimate of drug-likeness (QED) is 0.347. The van der Waals surface area contributed by atoms with Crippen molar-refractivity contribution in [3.8, 4) is 11.5 Å². The van der Waals surface area contributed by atoms with E-state index in [-0.39, 0.29) is 5.91 Å². The molecule has 27 heavy (non-hydrogen) atoms. The topological polar surface area (TPSA) is 38.8 Å². The lowest BCUT2D eigenvalue weighted by Crippen LogP contribution is -2.22. The minimum atomic E-state index is -0.0943. The lowest BCUT2D eigenvalue weighted by atomic mass is 10.2. The first kappa shape index (κ1) is 20.0. The van der Waals surface area contributed by atoms with Gasteiger partial charge in [0.2, 0.25) is 0 Å². The molecule has 4 nitrogen and oxygen atoms in total.